The van der Waals surface area contributed by atoms with Crippen LogP contribution in [0.15, 0.2) is 18.2 Å². The zero-order chi connectivity index (χ0) is 15.8. The van der Waals surface area contributed by atoms with Crippen molar-refractivity contribution in [2.75, 3.05) is 26.7 Å². The second-order valence-electron chi connectivity index (χ2n) is 4.80. The van der Waals surface area contributed by atoms with Crippen molar-refractivity contribution in [3.05, 3.63) is 28.8 Å². The number of nitrogens with two attached hydrogens (primary N) is 1. The number of hydrogen-bond acceptors (Lipinski definition) is 4. The number of amides is 1. The number of primary amides is 1. The molecular formula is C15H21ClN2O3. The number of halogens is 1. The summed E-state index contributed by atoms with van der Waals surface area (Å²) in [4.78, 5) is 25.1. The summed E-state index contributed by atoms with van der Waals surface area (Å²) in [5, 5.41) is 0.387. The van der Waals surface area contributed by atoms with Gasteiger partial charge >= 0.3 is 0 Å². The lowest BCUT2D eigenvalue weighted by Gasteiger charge is -2.19. The first kappa shape index (κ1) is 17.5. The lowest BCUT2D eigenvalue weighted by molar-refractivity contribution is -0.119. The highest BCUT2D eigenvalue weighted by atomic mass is 35.5. The predicted octanol–water partition coefficient (Wildman–Crippen LogP) is 2.12. The van der Waals surface area contributed by atoms with Gasteiger partial charge in [0.15, 0.2) is 5.78 Å². The number of nitrogens with zero attached hydrogens (tertiary/aromatic N) is 1. The molecule has 0 fully saturated rings. The highest BCUT2D eigenvalue weighted by Crippen LogP contribution is 2.25. The van der Waals surface area contributed by atoms with Gasteiger partial charge in [-0.1, -0.05) is 24.9 Å². The van der Waals surface area contributed by atoms with E-state index in [1.54, 1.807) is 23.1 Å². The maximum Gasteiger partial charge on any atom is 0.231 e. The molecule has 0 heterocycles. The van der Waals surface area contributed by atoms with E-state index in [4.69, 9.17) is 22.1 Å². The van der Waals surface area contributed by atoms with Crippen molar-refractivity contribution in [3.63, 3.8) is 0 Å². The van der Waals surface area contributed by atoms with Crippen molar-refractivity contribution in [2.45, 2.75) is 19.8 Å². The lowest BCUT2D eigenvalue weighted by Crippen LogP contribution is -2.38. The van der Waals surface area contributed by atoms with E-state index in [1.807, 2.05) is 6.92 Å². The molecule has 1 aromatic carbocycles. The minimum Gasteiger partial charge on any atom is -0.495 e. The van der Waals surface area contributed by atoms with Crippen molar-refractivity contribution >= 4 is 23.3 Å². The average molecular weight is 313 g/mol. The van der Waals surface area contributed by atoms with Gasteiger partial charge < -0.3 is 10.5 Å². The number of methoxy groups -OCH3 is 1. The summed E-state index contributed by atoms with van der Waals surface area (Å²) in [5.74, 6) is -0.0169. The van der Waals surface area contributed by atoms with Crippen LogP contribution in [0, 0.1) is 0 Å². The van der Waals surface area contributed by atoms with E-state index < -0.39 is 5.91 Å². The molecule has 0 aliphatic rings. The maximum atomic E-state index is 12.3. The number of ketones is 1. The Kier molecular flexibility index (Phi) is 7.19. The Labute approximate surface area is 130 Å². The molecule has 1 rings (SSSR count). The van der Waals surface area contributed by atoms with Crippen LogP contribution >= 0.6 is 11.6 Å². The van der Waals surface area contributed by atoms with E-state index in [9.17, 15) is 9.59 Å². The van der Waals surface area contributed by atoms with Crippen LogP contribution in [0.2, 0.25) is 5.02 Å². The van der Waals surface area contributed by atoms with Gasteiger partial charge in [0.2, 0.25) is 5.91 Å². The topological polar surface area (TPSA) is 72.6 Å². The first-order chi connectivity index (χ1) is 9.97. The van der Waals surface area contributed by atoms with Gasteiger partial charge in [0.25, 0.3) is 0 Å². The van der Waals surface area contributed by atoms with Crippen molar-refractivity contribution < 1.29 is 14.3 Å². The van der Waals surface area contributed by atoms with Crippen LogP contribution in [0.25, 0.3) is 0 Å². The first-order valence-electron chi connectivity index (χ1n) is 6.85. The molecule has 0 spiro atoms. The highest BCUT2D eigenvalue weighted by Gasteiger charge is 2.15. The Morgan fingerprint density at radius 1 is 1.33 bits per heavy atom. The van der Waals surface area contributed by atoms with E-state index in [1.165, 1.54) is 7.11 Å². The summed E-state index contributed by atoms with van der Waals surface area (Å²) in [6.07, 6.45) is 1.89. The summed E-state index contributed by atoms with van der Waals surface area (Å²) >= 11 is 6.01. The summed E-state index contributed by atoms with van der Waals surface area (Å²) in [6, 6.07) is 4.89. The second-order valence-corrected chi connectivity index (χ2v) is 5.21. The molecule has 0 atom stereocenters. The number of carbonyl (C=O) groups is 2. The zero-order valence-electron chi connectivity index (χ0n) is 12.4. The fourth-order valence-electron chi connectivity index (χ4n) is 1.95. The van der Waals surface area contributed by atoms with Gasteiger partial charge in [-0.2, -0.15) is 0 Å². The van der Waals surface area contributed by atoms with E-state index in [0.29, 0.717) is 22.9 Å². The van der Waals surface area contributed by atoms with Crippen molar-refractivity contribution in [3.8, 4) is 5.75 Å². The molecule has 0 aliphatic heterocycles. The van der Waals surface area contributed by atoms with Crippen LogP contribution in [0.5, 0.6) is 5.75 Å². The molecule has 0 aliphatic carbocycles. The SMILES string of the molecule is CCCCN(CC(N)=O)CC(=O)c1ccc(OC)c(Cl)c1. The summed E-state index contributed by atoms with van der Waals surface area (Å²) in [6.45, 7) is 2.93. The van der Waals surface area contributed by atoms with Gasteiger partial charge in [-0.15, -0.1) is 0 Å². The summed E-state index contributed by atoms with van der Waals surface area (Å²) in [7, 11) is 1.52. The molecule has 116 valence electrons. The van der Waals surface area contributed by atoms with Crippen LogP contribution in [0.3, 0.4) is 0 Å². The van der Waals surface area contributed by atoms with Crippen LogP contribution in [-0.2, 0) is 4.79 Å². The monoisotopic (exact) mass is 312 g/mol. The molecule has 0 bridgehead atoms. The Morgan fingerprint density at radius 2 is 2.05 bits per heavy atom. The predicted molar refractivity (Wildman–Crippen MR) is 82.9 cm³/mol. The Morgan fingerprint density at radius 3 is 2.57 bits per heavy atom. The lowest BCUT2D eigenvalue weighted by atomic mass is 10.1. The standard InChI is InChI=1S/C15H21ClN2O3/c1-3-4-7-18(10-15(17)20)9-13(19)11-5-6-14(21-2)12(16)8-11/h5-6,8H,3-4,7,9-10H2,1-2H3,(H2,17,20). The smallest absolute Gasteiger partial charge is 0.231 e. The maximum absolute atomic E-state index is 12.3. The van der Waals surface area contributed by atoms with Crippen molar-refractivity contribution in [1.29, 1.82) is 0 Å². The van der Waals surface area contributed by atoms with Gasteiger partial charge in [0.1, 0.15) is 5.75 Å². The number of unbranched alkanes of at least 4 members (excludes halogenated alkanes) is 1. The molecule has 6 heteroatoms. The van der Waals surface area contributed by atoms with Gasteiger partial charge in [-0.3, -0.25) is 14.5 Å². The molecule has 0 saturated carbocycles. The molecule has 1 aromatic rings. The van der Waals surface area contributed by atoms with E-state index in [2.05, 4.69) is 0 Å². The minimum atomic E-state index is -0.438. The number of hydrogen-bond donors (Lipinski definition) is 1. The van der Waals surface area contributed by atoms with Gasteiger partial charge in [-0.25, -0.2) is 0 Å². The molecule has 2 N–H and O–H groups in total. The van der Waals surface area contributed by atoms with E-state index in [-0.39, 0.29) is 18.9 Å². The molecule has 0 aromatic heterocycles. The first-order valence-corrected chi connectivity index (χ1v) is 7.23. The number of rotatable bonds is 9. The summed E-state index contributed by atoms with van der Waals surface area (Å²) < 4.78 is 5.05. The van der Waals surface area contributed by atoms with Gasteiger partial charge in [0.05, 0.1) is 25.2 Å². The van der Waals surface area contributed by atoms with E-state index in [0.717, 1.165) is 12.8 Å². The fraction of sp³-hybridized carbons (Fsp3) is 0.467. The summed E-state index contributed by atoms with van der Waals surface area (Å²) in [5.41, 5.74) is 5.70. The van der Waals surface area contributed by atoms with E-state index >= 15 is 0 Å². The third kappa shape index (κ3) is 5.73. The fourth-order valence-corrected chi connectivity index (χ4v) is 2.21. The van der Waals surface area contributed by atoms with Gasteiger partial charge in [0, 0.05) is 5.56 Å². The third-order valence-electron chi connectivity index (χ3n) is 3.05. The largest absolute Gasteiger partial charge is 0.495 e. The molecule has 5 nitrogen and oxygen atoms in total. The van der Waals surface area contributed by atoms with Crippen molar-refractivity contribution in [1.82, 2.24) is 4.90 Å². The minimum absolute atomic E-state index is 0.0790. The Balaban J connectivity index is 2.75. The molecule has 21 heavy (non-hydrogen) atoms. The quantitative estimate of drug-likeness (QED) is 0.709. The average Bonchev–Trinajstić information content (AvgIpc) is 2.43. The number of Topliss-reactive ketones (excluding diaryl/α,β-unsaturated/α-hetero) is 1. The van der Waals surface area contributed by atoms with Crippen LogP contribution in [-0.4, -0.2) is 43.3 Å². The molecule has 0 radical (unpaired) electrons. The van der Waals surface area contributed by atoms with Crippen LogP contribution in [0.4, 0.5) is 0 Å². The van der Waals surface area contributed by atoms with Gasteiger partial charge in [-0.05, 0) is 31.2 Å². The van der Waals surface area contributed by atoms with Crippen molar-refractivity contribution in [2.24, 2.45) is 5.73 Å². The third-order valence-corrected chi connectivity index (χ3v) is 3.34. The molecule has 1 amide bonds. The molecular weight excluding hydrogens is 292 g/mol. The molecule has 0 saturated heterocycles. The second kappa shape index (κ2) is 8.64. The number of benzene rings is 1. The normalized spacial score (nSPS) is 10.7. The van der Waals surface area contributed by atoms with Crippen LogP contribution < -0.4 is 10.5 Å². The Bertz CT molecular complexity index is 506. The molecule has 0 unspecified atom stereocenters. The Hall–Kier alpha value is -1.59. The van der Waals surface area contributed by atoms with Crippen LogP contribution in [0.1, 0.15) is 30.1 Å². The highest BCUT2D eigenvalue weighted by molar-refractivity contribution is 6.32. The number of carbonyl (C=O) groups excluding carboxylic acids is 2. The number of ether oxygens (including phenoxy) is 1. The zero-order valence-corrected chi connectivity index (χ0v) is 13.2.